The molecule has 1 unspecified atom stereocenters. The molecular weight excluding hydrogens is 278 g/mol. The number of aryl methyl sites for hydroxylation is 1. The van der Waals surface area contributed by atoms with E-state index in [0.29, 0.717) is 13.1 Å². The van der Waals surface area contributed by atoms with Gasteiger partial charge in [-0.25, -0.2) is 9.78 Å². The summed E-state index contributed by atoms with van der Waals surface area (Å²) in [6.45, 7) is 3.02. The molecule has 6 nitrogen and oxygen atoms in total. The van der Waals surface area contributed by atoms with Crippen LogP contribution >= 0.6 is 11.3 Å². The molecule has 20 heavy (non-hydrogen) atoms. The van der Waals surface area contributed by atoms with Crippen LogP contribution in [0.5, 0.6) is 0 Å². The number of likely N-dealkylation sites (tertiary alicyclic amines) is 1. The lowest BCUT2D eigenvalue weighted by molar-refractivity contribution is -0.138. The fourth-order valence-corrected chi connectivity index (χ4v) is 3.12. The molecule has 1 aliphatic rings. The number of nitrogens with zero attached hydrogens (tertiary/aromatic N) is 3. The summed E-state index contributed by atoms with van der Waals surface area (Å²) in [5.74, 6) is -0.854. The van der Waals surface area contributed by atoms with E-state index in [2.05, 4.69) is 4.98 Å². The second-order valence-corrected chi connectivity index (χ2v) is 6.15. The number of carbonyl (C=O) groups is 2. The number of carboxylic acids is 1. The predicted molar refractivity (Wildman–Crippen MR) is 75.7 cm³/mol. The van der Waals surface area contributed by atoms with Crippen molar-refractivity contribution in [2.45, 2.75) is 38.8 Å². The quantitative estimate of drug-likeness (QED) is 0.921. The topological polar surface area (TPSA) is 73.7 Å². The Morgan fingerprint density at radius 2 is 2.35 bits per heavy atom. The van der Waals surface area contributed by atoms with Crippen molar-refractivity contribution in [2.24, 2.45) is 0 Å². The highest BCUT2D eigenvalue weighted by atomic mass is 32.1. The number of rotatable bonds is 4. The normalized spacial score (nSPS) is 18.3. The van der Waals surface area contributed by atoms with Crippen LogP contribution in [0, 0.1) is 6.92 Å². The first-order chi connectivity index (χ1) is 9.47. The SMILES string of the molecule is Cc1nc(CN(C)C(=O)N2CCCC2CC(=O)O)cs1. The van der Waals surface area contributed by atoms with Gasteiger partial charge in [0, 0.05) is 25.0 Å². The van der Waals surface area contributed by atoms with E-state index in [9.17, 15) is 9.59 Å². The lowest BCUT2D eigenvalue weighted by atomic mass is 10.1. The van der Waals surface area contributed by atoms with Gasteiger partial charge in [0.25, 0.3) is 0 Å². The molecule has 0 bridgehead atoms. The van der Waals surface area contributed by atoms with Crippen LogP contribution < -0.4 is 0 Å². The van der Waals surface area contributed by atoms with E-state index in [4.69, 9.17) is 5.11 Å². The smallest absolute Gasteiger partial charge is 0.320 e. The minimum Gasteiger partial charge on any atom is -0.481 e. The number of amides is 2. The number of thiazole rings is 1. The maximum absolute atomic E-state index is 12.4. The highest BCUT2D eigenvalue weighted by molar-refractivity contribution is 7.09. The molecule has 1 atom stereocenters. The van der Waals surface area contributed by atoms with E-state index in [1.165, 1.54) is 0 Å². The number of hydrogen-bond donors (Lipinski definition) is 1. The highest BCUT2D eigenvalue weighted by Crippen LogP contribution is 2.22. The molecule has 0 aromatic carbocycles. The summed E-state index contributed by atoms with van der Waals surface area (Å²) in [6.07, 6.45) is 1.66. The monoisotopic (exact) mass is 297 g/mol. The molecule has 2 amide bonds. The molecule has 1 aliphatic heterocycles. The van der Waals surface area contributed by atoms with Crippen molar-refractivity contribution in [1.82, 2.24) is 14.8 Å². The van der Waals surface area contributed by atoms with Crippen LogP contribution in [0.4, 0.5) is 4.79 Å². The zero-order chi connectivity index (χ0) is 14.7. The maximum atomic E-state index is 12.4. The van der Waals surface area contributed by atoms with Crippen LogP contribution in [0.2, 0.25) is 0 Å². The van der Waals surface area contributed by atoms with Crippen molar-refractivity contribution < 1.29 is 14.7 Å². The minimum atomic E-state index is -0.854. The van der Waals surface area contributed by atoms with Gasteiger partial charge in [0.15, 0.2) is 0 Å². The highest BCUT2D eigenvalue weighted by Gasteiger charge is 2.32. The first kappa shape index (κ1) is 14.8. The molecule has 1 N–H and O–H groups in total. The molecule has 1 aromatic rings. The fourth-order valence-electron chi connectivity index (χ4n) is 2.51. The van der Waals surface area contributed by atoms with Crippen LogP contribution in [0.25, 0.3) is 0 Å². The van der Waals surface area contributed by atoms with Gasteiger partial charge >= 0.3 is 12.0 Å². The van der Waals surface area contributed by atoms with Gasteiger partial charge in [-0.05, 0) is 19.8 Å². The number of urea groups is 1. The van der Waals surface area contributed by atoms with Gasteiger partial charge in [0.1, 0.15) is 0 Å². The van der Waals surface area contributed by atoms with Crippen molar-refractivity contribution in [3.63, 3.8) is 0 Å². The van der Waals surface area contributed by atoms with E-state index >= 15 is 0 Å². The number of carbonyl (C=O) groups excluding carboxylic acids is 1. The number of aliphatic carboxylic acids is 1. The second-order valence-electron chi connectivity index (χ2n) is 5.08. The van der Waals surface area contributed by atoms with E-state index in [0.717, 1.165) is 23.5 Å². The summed E-state index contributed by atoms with van der Waals surface area (Å²) in [7, 11) is 1.73. The summed E-state index contributed by atoms with van der Waals surface area (Å²) in [6, 6.07) is -0.293. The molecule has 1 fully saturated rings. The summed E-state index contributed by atoms with van der Waals surface area (Å²) < 4.78 is 0. The van der Waals surface area contributed by atoms with Gasteiger partial charge in [0.2, 0.25) is 0 Å². The first-order valence-electron chi connectivity index (χ1n) is 6.62. The molecule has 2 rings (SSSR count). The summed E-state index contributed by atoms with van der Waals surface area (Å²) >= 11 is 1.56. The zero-order valence-corrected chi connectivity index (χ0v) is 12.5. The minimum absolute atomic E-state index is 0.0232. The number of aromatic nitrogens is 1. The summed E-state index contributed by atoms with van der Waals surface area (Å²) in [5.41, 5.74) is 0.873. The Bertz CT molecular complexity index is 503. The molecule has 0 radical (unpaired) electrons. The second kappa shape index (κ2) is 6.21. The largest absolute Gasteiger partial charge is 0.481 e. The Balaban J connectivity index is 1.97. The fraction of sp³-hybridized carbons (Fsp3) is 0.615. The lowest BCUT2D eigenvalue weighted by Crippen LogP contribution is -2.44. The third-order valence-electron chi connectivity index (χ3n) is 3.43. The summed E-state index contributed by atoms with van der Waals surface area (Å²) in [5, 5.41) is 11.8. The number of hydrogen-bond acceptors (Lipinski definition) is 4. The van der Waals surface area contributed by atoms with Crippen molar-refractivity contribution in [2.75, 3.05) is 13.6 Å². The van der Waals surface area contributed by atoms with Gasteiger partial charge in [-0.15, -0.1) is 11.3 Å². The predicted octanol–water partition coefficient (Wildman–Crippen LogP) is 1.94. The zero-order valence-electron chi connectivity index (χ0n) is 11.7. The molecule has 1 aromatic heterocycles. The van der Waals surface area contributed by atoms with Gasteiger partial charge in [-0.3, -0.25) is 4.79 Å². The van der Waals surface area contributed by atoms with Crippen molar-refractivity contribution >= 4 is 23.3 Å². The van der Waals surface area contributed by atoms with Gasteiger partial charge < -0.3 is 14.9 Å². The van der Waals surface area contributed by atoms with Gasteiger partial charge in [-0.1, -0.05) is 0 Å². The molecule has 0 aliphatic carbocycles. The Morgan fingerprint density at radius 1 is 1.60 bits per heavy atom. The van der Waals surface area contributed by atoms with E-state index in [1.807, 2.05) is 12.3 Å². The standard InChI is InChI=1S/C13H19N3O3S/c1-9-14-10(8-20-9)7-15(2)13(19)16-5-3-4-11(16)6-12(17)18/h8,11H,3-7H2,1-2H3,(H,17,18). The molecule has 110 valence electrons. The molecule has 0 spiro atoms. The van der Waals surface area contributed by atoms with Gasteiger partial charge in [-0.2, -0.15) is 0 Å². The number of carboxylic acid groups (broad SMARTS) is 1. The van der Waals surface area contributed by atoms with Crippen LogP contribution in [0.3, 0.4) is 0 Å². The molecule has 0 saturated carbocycles. The van der Waals surface area contributed by atoms with Crippen LogP contribution in [0.15, 0.2) is 5.38 Å². The van der Waals surface area contributed by atoms with Crippen LogP contribution in [-0.2, 0) is 11.3 Å². The Hall–Kier alpha value is -1.63. The average molecular weight is 297 g/mol. The van der Waals surface area contributed by atoms with E-state index < -0.39 is 5.97 Å². The summed E-state index contributed by atoms with van der Waals surface area (Å²) in [4.78, 5) is 30.8. The first-order valence-corrected chi connectivity index (χ1v) is 7.50. The van der Waals surface area contributed by atoms with Crippen LogP contribution in [0.1, 0.15) is 30.0 Å². The van der Waals surface area contributed by atoms with E-state index in [-0.39, 0.29) is 18.5 Å². The maximum Gasteiger partial charge on any atom is 0.320 e. The molecule has 2 heterocycles. The average Bonchev–Trinajstić information content (AvgIpc) is 2.97. The third kappa shape index (κ3) is 3.47. The lowest BCUT2D eigenvalue weighted by Gasteiger charge is -2.28. The van der Waals surface area contributed by atoms with Crippen molar-refractivity contribution in [3.8, 4) is 0 Å². The van der Waals surface area contributed by atoms with E-state index in [1.54, 1.807) is 28.2 Å². The Kier molecular flexibility index (Phi) is 4.59. The van der Waals surface area contributed by atoms with Crippen molar-refractivity contribution in [3.05, 3.63) is 16.1 Å². The van der Waals surface area contributed by atoms with Crippen LogP contribution in [-0.4, -0.2) is 51.5 Å². The van der Waals surface area contributed by atoms with Crippen molar-refractivity contribution in [1.29, 1.82) is 0 Å². The Morgan fingerprint density at radius 3 is 2.95 bits per heavy atom. The Labute approximate surface area is 122 Å². The molecule has 7 heteroatoms. The molecular formula is C13H19N3O3S. The third-order valence-corrected chi connectivity index (χ3v) is 4.25. The van der Waals surface area contributed by atoms with Gasteiger partial charge in [0.05, 0.1) is 23.7 Å². The molecule has 1 saturated heterocycles.